The predicted octanol–water partition coefficient (Wildman–Crippen LogP) is 1.92. The van der Waals surface area contributed by atoms with Gasteiger partial charge >= 0.3 is 5.97 Å². The number of aryl methyl sites for hydroxylation is 1. The number of benzene rings is 1. The van der Waals surface area contributed by atoms with Crippen LogP contribution in [0, 0.1) is 12.8 Å². The van der Waals surface area contributed by atoms with Crippen LogP contribution >= 0.6 is 0 Å². The monoisotopic (exact) mass is 285 g/mol. The molecule has 0 spiro atoms. The number of dihydropyridines is 1. The van der Waals surface area contributed by atoms with Gasteiger partial charge < -0.3 is 15.2 Å². The zero-order valence-electron chi connectivity index (χ0n) is 12.4. The summed E-state index contributed by atoms with van der Waals surface area (Å²) < 4.78 is 4.73. The molecule has 0 aromatic heterocycles. The van der Waals surface area contributed by atoms with Crippen LogP contribution < -0.4 is 5.32 Å². The first-order valence-electron chi connectivity index (χ1n) is 7.10. The number of aliphatic hydroxyl groups is 1. The number of esters is 1. The molecular weight excluding hydrogens is 266 g/mol. The first-order valence-corrected chi connectivity index (χ1v) is 7.10. The van der Waals surface area contributed by atoms with Crippen LogP contribution in [0.5, 0.6) is 0 Å². The van der Waals surface area contributed by atoms with Crippen molar-refractivity contribution in [1.82, 2.24) is 5.32 Å². The lowest BCUT2D eigenvalue weighted by Crippen LogP contribution is -2.38. The Kier molecular flexibility index (Phi) is 3.33. The van der Waals surface area contributed by atoms with Gasteiger partial charge in [-0.25, -0.2) is 4.79 Å². The van der Waals surface area contributed by atoms with Crippen molar-refractivity contribution in [2.24, 2.45) is 5.92 Å². The van der Waals surface area contributed by atoms with Crippen LogP contribution in [-0.4, -0.2) is 24.4 Å². The second-order valence-corrected chi connectivity index (χ2v) is 5.73. The molecule has 1 aliphatic heterocycles. The van der Waals surface area contributed by atoms with Gasteiger partial charge in [-0.3, -0.25) is 0 Å². The molecule has 2 unspecified atom stereocenters. The van der Waals surface area contributed by atoms with Crippen molar-refractivity contribution in [3.05, 3.63) is 52.1 Å². The van der Waals surface area contributed by atoms with E-state index in [9.17, 15) is 9.90 Å². The van der Waals surface area contributed by atoms with Crippen molar-refractivity contribution in [2.45, 2.75) is 26.5 Å². The van der Waals surface area contributed by atoms with E-state index < -0.39 is 12.2 Å². The lowest BCUT2D eigenvalue weighted by Gasteiger charge is -2.33. The summed E-state index contributed by atoms with van der Waals surface area (Å²) in [5.74, 6) is -0.210. The second-order valence-electron chi connectivity index (χ2n) is 5.73. The van der Waals surface area contributed by atoms with Crippen molar-refractivity contribution in [3.8, 4) is 0 Å². The Labute approximate surface area is 124 Å². The van der Waals surface area contributed by atoms with Gasteiger partial charge in [0.15, 0.2) is 6.23 Å². The van der Waals surface area contributed by atoms with Crippen LogP contribution in [0.15, 0.2) is 35.4 Å². The van der Waals surface area contributed by atoms with Crippen LogP contribution in [0.2, 0.25) is 0 Å². The molecule has 2 atom stereocenters. The van der Waals surface area contributed by atoms with Gasteiger partial charge in [0.2, 0.25) is 0 Å². The van der Waals surface area contributed by atoms with Gasteiger partial charge in [0.25, 0.3) is 0 Å². The number of carbonyl (C=O) groups is 1. The van der Waals surface area contributed by atoms with Crippen LogP contribution in [0.25, 0.3) is 5.70 Å². The summed E-state index contributed by atoms with van der Waals surface area (Å²) in [6, 6.07) is 6.36. The minimum Gasteiger partial charge on any atom is -0.466 e. The van der Waals surface area contributed by atoms with E-state index in [4.69, 9.17) is 4.74 Å². The minimum atomic E-state index is -1.03. The second kappa shape index (κ2) is 5.04. The predicted molar refractivity (Wildman–Crippen MR) is 80.2 cm³/mol. The Balaban J connectivity index is 2.14. The van der Waals surface area contributed by atoms with E-state index >= 15 is 0 Å². The van der Waals surface area contributed by atoms with E-state index in [1.807, 2.05) is 6.92 Å². The third-order valence-electron chi connectivity index (χ3n) is 4.19. The maximum absolute atomic E-state index is 11.7. The van der Waals surface area contributed by atoms with Gasteiger partial charge in [-0.1, -0.05) is 24.6 Å². The molecule has 1 aromatic rings. The third kappa shape index (κ3) is 2.25. The summed E-state index contributed by atoms with van der Waals surface area (Å²) in [5.41, 5.74) is 5.79. The molecule has 0 amide bonds. The summed E-state index contributed by atoms with van der Waals surface area (Å²) in [7, 11) is 1.32. The molecule has 110 valence electrons. The Hall–Kier alpha value is -2.07. The van der Waals surface area contributed by atoms with Gasteiger partial charge in [0, 0.05) is 11.3 Å². The van der Waals surface area contributed by atoms with Crippen molar-refractivity contribution >= 4 is 11.7 Å². The fourth-order valence-electron chi connectivity index (χ4n) is 3.07. The van der Waals surface area contributed by atoms with Gasteiger partial charge in [0.1, 0.15) is 0 Å². The molecule has 1 heterocycles. The van der Waals surface area contributed by atoms with Gasteiger partial charge in [-0.15, -0.1) is 0 Å². The zero-order valence-corrected chi connectivity index (χ0v) is 12.4. The largest absolute Gasteiger partial charge is 0.466 e. The van der Waals surface area contributed by atoms with Crippen molar-refractivity contribution in [1.29, 1.82) is 0 Å². The van der Waals surface area contributed by atoms with Crippen molar-refractivity contribution in [3.63, 3.8) is 0 Å². The molecule has 0 radical (unpaired) electrons. The number of nitrogens with one attached hydrogen (secondary N) is 1. The zero-order chi connectivity index (χ0) is 15.1. The fourth-order valence-corrected chi connectivity index (χ4v) is 3.07. The molecule has 0 fully saturated rings. The highest BCUT2D eigenvalue weighted by atomic mass is 16.5. The van der Waals surface area contributed by atoms with E-state index in [2.05, 4.69) is 30.4 Å². The fraction of sp³-hybridized carbons (Fsp3) is 0.353. The topological polar surface area (TPSA) is 58.6 Å². The van der Waals surface area contributed by atoms with Crippen molar-refractivity contribution < 1.29 is 14.6 Å². The molecule has 4 nitrogen and oxygen atoms in total. The molecule has 2 aliphatic rings. The van der Waals surface area contributed by atoms with Gasteiger partial charge in [-0.05, 0) is 42.5 Å². The molecule has 4 heteroatoms. The summed E-state index contributed by atoms with van der Waals surface area (Å²) in [4.78, 5) is 11.7. The third-order valence-corrected chi connectivity index (χ3v) is 4.19. The minimum absolute atomic E-state index is 0.263. The molecule has 0 saturated carbocycles. The average Bonchev–Trinajstić information content (AvgIpc) is 2.47. The number of fused-ring (bicyclic) bond motifs is 2. The molecule has 21 heavy (non-hydrogen) atoms. The number of methoxy groups -OCH3 is 1. The Morgan fingerprint density at radius 1 is 1.43 bits per heavy atom. The van der Waals surface area contributed by atoms with E-state index in [0.717, 1.165) is 23.3 Å². The Morgan fingerprint density at radius 2 is 2.19 bits per heavy atom. The smallest absolute Gasteiger partial charge is 0.338 e. The van der Waals surface area contributed by atoms with Crippen LogP contribution in [0.3, 0.4) is 0 Å². The maximum atomic E-state index is 11.7. The van der Waals surface area contributed by atoms with Gasteiger partial charge in [-0.2, -0.15) is 0 Å². The summed E-state index contributed by atoms with van der Waals surface area (Å²) in [6.45, 7) is 4.18. The van der Waals surface area contributed by atoms with E-state index in [0.29, 0.717) is 0 Å². The summed E-state index contributed by atoms with van der Waals surface area (Å²) >= 11 is 0. The highest BCUT2D eigenvalue weighted by molar-refractivity contribution is 5.93. The van der Waals surface area contributed by atoms with Crippen LogP contribution in [0.4, 0.5) is 0 Å². The highest BCUT2D eigenvalue weighted by Crippen LogP contribution is 2.37. The molecule has 0 saturated heterocycles. The van der Waals surface area contributed by atoms with E-state index in [-0.39, 0.29) is 11.5 Å². The molecule has 0 bridgehead atoms. The van der Waals surface area contributed by atoms with Crippen LogP contribution in [-0.2, 0) is 16.0 Å². The molecule has 1 aromatic carbocycles. The van der Waals surface area contributed by atoms with Crippen molar-refractivity contribution in [2.75, 3.05) is 7.11 Å². The summed E-state index contributed by atoms with van der Waals surface area (Å²) in [6.07, 6.45) is 1.67. The number of rotatable bonds is 1. The quantitative estimate of drug-likeness (QED) is 0.774. The molecular formula is C17H19NO3. The number of hydrogen-bond acceptors (Lipinski definition) is 4. The summed E-state index contributed by atoms with van der Waals surface area (Å²) in [5, 5.41) is 13.2. The number of hydrogen-bond donors (Lipinski definition) is 2. The average molecular weight is 285 g/mol. The van der Waals surface area contributed by atoms with E-state index in [1.165, 1.54) is 18.2 Å². The normalized spacial score (nSPS) is 23.7. The highest BCUT2D eigenvalue weighted by Gasteiger charge is 2.32. The molecule has 1 aliphatic carbocycles. The van der Waals surface area contributed by atoms with E-state index in [1.54, 1.807) is 6.08 Å². The Morgan fingerprint density at radius 3 is 2.90 bits per heavy atom. The lowest BCUT2D eigenvalue weighted by atomic mass is 9.79. The number of ether oxygens (including phenoxy) is 1. The van der Waals surface area contributed by atoms with Gasteiger partial charge in [0.05, 0.1) is 12.7 Å². The molecule has 2 N–H and O–H groups in total. The number of carbonyl (C=O) groups excluding carboxylic acids is 1. The Bertz CT molecular complexity index is 673. The first kappa shape index (κ1) is 13.9. The first-order chi connectivity index (χ1) is 10.0. The SMILES string of the molecule is COC(=O)C1=CC2=C(NC1O)c1cc(C)ccc1CC2C. The maximum Gasteiger partial charge on any atom is 0.338 e. The number of aliphatic hydroxyl groups excluding tert-OH is 1. The molecule has 3 rings (SSSR count). The van der Waals surface area contributed by atoms with Crippen LogP contribution in [0.1, 0.15) is 23.6 Å². The lowest BCUT2D eigenvalue weighted by molar-refractivity contribution is -0.137. The standard InChI is InChI=1S/C17H19NO3/c1-9-4-5-11-7-10(2)12-8-14(17(20)21-3)16(19)18-15(12)13(11)6-9/h4-6,8,10,16,18-19H,7H2,1-3H3. The number of allylic oxidation sites excluding steroid dienone is 2.